The molecule has 1 aliphatic heterocycles. The van der Waals surface area contributed by atoms with E-state index in [0.29, 0.717) is 5.92 Å². The smallest absolute Gasteiger partial charge is 0.252 e. The molecule has 0 bridgehead atoms. The molecule has 0 radical (unpaired) electrons. The van der Waals surface area contributed by atoms with Gasteiger partial charge in [0, 0.05) is 12.7 Å². The molecule has 1 aromatic rings. The second-order valence-corrected chi connectivity index (χ2v) is 5.30. The van der Waals surface area contributed by atoms with Crippen LogP contribution in [0.3, 0.4) is 0 Å². The molecule has 1 heterocycles. The van der Waals surface area contributed by atoms with Crippen LogP contribution in [0.25, 0.3) is 0 Å². The number of ether oxygens (including phenoxy) is 1. The summed E-state index contributed by atoms with van der Waals surface area (Å²) in [4.78, 5) is 13.9. The van der Waals surface area contributed by atoms with Crippen LogP contribution in [-0.2, 0) is 9.53 Å². The van der Waals surface area contributed by atoms with E-state index < -0.39 is 5.41 Å². The van der Waals surface area contributed by atoms with Crippen molar-refractivity contribution in [1.29, 1.82) is 5.26 Å². The van der Waals surface area contributed by atoms with Gasteiger partial charge in [0.25, 0.3) is 5.91 Å². The number of hydrogen-bond acceptors (Lipinski definition) is 3. The molecule has 4 heteroatoms. The minimum Gasteiger partial charge on any atom is -0.377 e. The lowest BCUT2D eigenvalue weighted by Crippen LogP contribution is -2.53. The van der Waals surface area contributed by atoms with E-state index in [9.17, 15) is 4.79 Å². The molecule has 0 aliphatic carbocycles. The zero-order chi connectivity index (χ0) is 14.0. The van der Waals surface area contributed by atoms with Gasteiger partial charge in [0.2, 0.25) is 0 Å². The molecule has 1 amide bonds. The molecule has 100 valence electrons. The highest BCUT2D eigenvalue weighted by molar-refractivity contribution is 5.99. The van der Waals surface area contributed by atoms with E-state index >= 15 is 0 Å². The van der Waals surface area contributed by atoms with Gasteiger partial charge in [-0.05, 0) is 23.6 Å². The van der Waals surface area contributed by atoms with Gasteiger partial charge in [-0.1, -0.05) is 26.0 Å². The van der Waals surface area contributed by atoms with E-state index in [1.165, 1.54) is 10.5 Å². The molecule has 0 atom stereocenters. The maximum absolute atomic E-state index is 12.3. The van der Waals surface area contributed by atoms with E-state index in [-0.39, 0.29) is 19.1 Å². The highest BCUT2D eigenvalue weighted by Crippen LogP contribution is 2.31. The Morgan fingerprint density at radius 2 is 1.95 bits per heavy atom. The predicted octanol–water partition coefficient (Wildman–Crippen LogP) is 2.31. The van der Waals surface area contributed by atoms with Gasteiger partial charge in [-0.2, -0.15) is 5.26 Å². The fourth-order valence-corrected chi connectivity index (χ4v) is 2.06. The Balaban J connectivity index is 2.18. The number of nitriles is 1. The van der Waals surface area contributed by atoms with Crippen LogP contribution in [0, 0.1) is 16.7 Å². The van der Waals surface area contributed by atoms with Crippen molar-refractivity contribution >= 4 is 11.6 Å². The highest BCUT2D eigenvalue weighted by atomic mass is 16.5. The summed E-state index contributed by atoms with van der Waals surface area (Å²) in [6.45, 7) is 4.63. The monoisotopic (exact) mass is 258 g/mol. The SMILES string of the molecule is CC(C)c1ccc(N(C)C(=O)C2(C#N)COC2)cc1. The minimum atomic E-state index is -0.995. The molecule has 1 saturated heterocycles. The summed E-state index contributed by atoms with van der Waals surface area (Å²) >= 11 is 0. The number of rotatable bonds is 3. The number of nitrogens with zero attached hydrogens (tertiary/aromatic N) is 2. The normalized spacial score (nSPS) is 16.6. The topological polar surface area (TPSA) is 53.3 Å². The van der Waals surface area contributed by atoms with Gasteiger partial charge in [-0.25, -0.2) is 0 Å². The van der Waals surface area contributed by atoms with Crippen LogP contribution in [0.15, 0.2) is 24.3 Å². The van der Waals surface area contributed by atoms with Gasteiger partial charge < -0.3 is 9.64 Å². The Morgan fingerprint density at radius 3 is 2.32 bits per heavy atom. The summed E-state index contributed by atoms with van der Waals surface area (Å²) in [7, 11) is 1.70. The van der Waals surface area contributed by atoms with Crippen LogP contribution in [0.2, 0.25) is 0 Å². The predicted molar refractivity (Wildman–Crippen MR) is 72.8 cm³/mol. The van der Waals surface area contributed by atoms with Crippen molar-refractivity contribution in [2.45, 2.75) is 19.8 Å². The molecule has 0 N–H and O–H groups in total. The van der Waals surface area contributed by atoms with Crippen molar-refractivity contribution in [2.75, 3.05) is 25.2 Å². The lowest BCUT2D eigenvalue weighted by molar-refractivity contribution is -0.146. The Bertz CT molecular complexity index is 510. The molecule has 1 aromatic carbocycles. The van der Waals surface area contributed by atoms with Crippen LogP contribution >= 0.6 is 0 Å². The standard InChI is InChI=1S/C15H18N2O2/c1-11(2)12-4-6-13(7-5-12)17(3)14(18)15(8-16)9-19-10-15/h4-7,11H,9-10H2,1-3H3. The minimum absolute atomic E-state index is 0.191. The fraction of sp³-hybridized carbons (Fsp3) is 0.467. The van der Waals surface area contributed by atoms with E-state index in [0.717, 1.165) is 5.69 Å². The van der Waals surface area contributed by atoms with Crippen molar-refractivity contribution in [3.05, 3.63) is 29.8 Å². The van der Waals surface area contributed by atoms with Crippen molar-refractivity contribution in [1.82, 2.24) is 0 Å². The molecule has 0 spiro atoms. The van der Waals surface area contributed by atoms with Gasteiger partial charge in [0.1, 0.15) is 0 Å². The van der Waals surface area contributed by atoms with Crippen LogP contribution in [0.5, 0.6) is 0 Å². The second-order valence-electron chi connectivity index (χ2n) is 5.30. The Morgan fingerprint density at radius 1 is 1.37 bits per heavy atom. The van der Waals surface area contributed by atoms with Crippen molar-refractivity contribution in [3.63, 3.8) is 0 Å². The average molecular weight is 258 g/mol. The molecule has 19 heavy (non-hydrogen) atoms. The summed E-state index contributed by atoms with van der Waals surface area (Å²) in [5.41, 5.74) is 1.04. The third-order valence-electron chi connectivity index (χ3n) is 3.57. The first kappa shape index (κ1) is 13.6. The van der Waals surface area contributed by atoms with Crippen molar-refractivity contribution < 1.29 is 9.53 Å². The van der Waals surface area contributed by atoms with Crippen molar-refractivity contribution in [3.8, 4) is 6.07 Å². The maximum Gasteiger partial charge on any atom is 0.252 e. The second kappa shape index (κ2) is 5.02. The van der Waals surface area contributed by atoms with Gasteiger partial charge >= 0.3 is 0 Å². The maximum atomic E-state index is 12.3. The van der Waals surface area contributed by atoms with E-state index in [1.807, 2.05) is 24.3 Å². The first-order valence-corrected chi connectivity index (χ1v) is 6.37. The van der Waals surface area contributed by atoms with Crippen molar-refractivity contribution in [2.24, 2.45) is 5.41 Å². The van der Waals surface area contributed by atoms with Gasteiger partial charge in [0.15, 0.2) is 5.41 Å². The summed E-state index contributed by atoms with van der Waals surface area (Å²) in [6.07, 6.45) is 0. The van der Waals surface area contributed by atoms with Crippen LogP contribution < -0.4 is 4.90 Å². The number of hydrogen-bond donors (Lipinski definition) is 0. The van der Waals surface area contributed by atoms with Gasteiger partial charge in [-0.15, -0.1) is 0 Å². The summed E-state index contributed by atoms with van der Waals surface area (Å²) in [5, 5.41) is 9.14. The molecule has 4 nitrogen and oxygen atoms in total. The zero-order valence-corrected chi connectivity index (χ0v) is 11.5. The number of anilines is 1. The third-order valence-corrected chi connectivity index (χ3v) is 3.57. The number of benzene rings is 1. The number of carbonyl (C=O) groups excluding carboxylic acids is 1. The molecule has 1 fully saturated rings. The Hall–Kier alpha value is -1.86. The largest absolute Gasteiger partial charge is 0.377 e. The molecule has 0 saturated carbocycles. The molecule has 1 aliphatic rings. The molecular formula is C15H18N2O2. The van der Waals surface area contributed by atoms with Gasteiger partial charge in [-0.3, -0.25) is 4.79 Å². The average Bonchev–Trinajstić information content (AvgIpc) is 2.37. The van der Waals surface area contributed by atoms with E-state index in [1.54, 1.807) is 7.05 Å². The number of carbonyl (C=O) groups is 1. The number of amides is 1. The zero-order valence-electron chi connectivity index (χ0n) is 11.5. The third kappa shape index (κ3) is 2.34. The first-order chi connectivity index (χ1) is 9.00. The molecule has 2 rings (SSSR count). The Labute approximate surface area is 113 Å². The van der Waals surface area contributed by atoms with E-state index in [4.69, 9.17) is 10.00 Å². The first-order valence-electron chi connectivity index (χ1n) is 6.37. The lowest BCUT2D eigenvalue weighted by atomic mass is 9.86. The Kier molecular flexibility index (Phi) is 3.59. The van der Waals surface area contributed by atoms with Crippen LogP contribution in [0.4, 0.5) is 5.69 Å². The molecular weight excluding hydrogens is 240 g/mol. The fourth-order valence-electron chi connectivity index (χ4n) is 2.06. The van der Waals surface area contributed by atoms with E-state index in [2.05, 4.69) is 19.9 Å². The summed E-state index contributed by atoms with van der Waals surface area (Å²) < 4.78 is 5.02. The van der Waals surface area contributed by atoms with Crippen LogP contribution in [0.1, 0.15) is 25.3 Å². The molecule has 0 unspecified atom stereocenters. The lowest BCUT2D eigenvalue weighted by Gasteiger charge is -2.36. The van der Waals surface area contributed by atoms with Gasteiger partial charge in [0.05, 0.1) is 19.3 Å². The van der Waals surface area contributed by atoms with Crippen LogP contribution in [-0.4, -0.2) is 26.2 Å². The summed E-state index contributed by atoms with van der Waals surface area (Å²) in [6, 6.07) is 9.94. The highest BCUT2D eigenvalue weighted by Gasteiger charge is 2.48. The summed E-state index contributed by atoms with van der Waals surface area (Å²) in [5.74, 6) is 0.263. The molecule has 0 aromatic heterocycles. The quantitative estimate of drug-likeness (QED) is 0.836.